The number of primary amides is 1. The molecule has 0 unspecified atom stereocenters. The van der Waals surface area contributed by atoms with Gasteiger partial charge in [-0.3, -0.25) is 24.4 Å². The van der Waals surface area contributed by atoms with Crippen molar-refractivity contribution in [1.82, 2.24) is 9.78 Å². The number of aryl methyl sites for hydroxylation is 2. The standard InChI is InChI=1S/C13H15N5O4S/c1-5-7(3)23-13(8(5)11(14)19)15-12(20)9-10(18(21)22)6(2)17(4)16-9/h1-4H3,(H2,14,19)(H,15,20). The maximum absolute atomic E-state index is 12.4. The Morgan fingerprint density at radius 1 is 1.35 bits per heavy atom. The van der Waals surface area contributed by atoms with E-state index in [9.17, 15) is 19.7 Å². The number of hydrogen-bond acceptors (Lipinski definition) is 6. The van der Waals surface area contributed by atoms with Crippen LogP contribution < -0.4 is 11.1 Å². The second kappa shape index (κ2) is 5.80. The molecule has 0 fully saturated rings. The number of carbonyl (C=O) groups is 2. The number of hydrogen-bond donors (Lipinski definition) is 2. The van der Waals surface area contributed by atoms with E-state index < -0.39 is 16.7 Å². The molecule has 0 aliphatic rings. The van der Waals surface area contributed by atoms with Gasteiger partial charge in [0.2, 0.25) is 5.69 Å². The molecule has 0 aliphatic carbocycles. The lowest BCUT2D eigenvalue weighted by Crippen LogP contribution is -2.18. The molecule has 0 radical (unpaired) electrons. The van der Waals surface area contributed by atoms with Crippen LogP contribution in [0.5, 0.6) is 0 Å². The second-order valence-electron chi connectivity index (χ2n) is 4.97. The highest BCUT2D eigenvalue weighted by atomic mass is 32.1. The zero-order chi connectivity index (χ0) is 17.5. The van der Waals surface area contributed by atoms with Crippen LogP contribution in [0.25, 0.3) is 0 Å². The average molecular weight is 337 g/mol. The number of nitrogens with one attached hydrogen (secondary N) is 1. The summed E-state index contributed by atoms with van der Waals surface area (Å²) in [5.41, 5.74) is 5.80. The first-order chi connectivity index (χ1) is 10.6. The lowest BCUT2D eigenvalue weighted by molar-refractivity contribution is -0.385. The normalized spacial score (nSPS) is 10.6. The Balaban J connectivity index is 2.46. The van der Waals surface area contributed by atoms with Gasteiger partial charge in [0.15, 0.2) is 0 Å². The van der Waals surface area contributed by atoms with E-state index >= 15 is 0 Å². The van der Waals surface area contributed by atoms with Gasteiger partial charge < -0.3 is 11.1 Å². The molecule has 0 spiro atoms. The largest absolute Gasteiger partial charge is 0.365 e. The van der Waals surface area contributed by atoms with Gasteiger partial charge in [0.1, 0.15) is 10.7 Å². The van der Waals surface area contributed by atoms with Crippen LogP contribution in [0.2, 0.25) is 0 Å². The van der Waals surface area contributed by atoms with Crippen molar-refractivity contribution >= 4 is 33.8 Å². The Bertz CT molecular complexity index is 836. The number of nitrogens with two attached hydrogens (primary N) is 1. The zero-order valence-electron chi connectivity index (χ0n) is 13.0. The third-order valence-electron chi connectivity index (χ3n) is 3.56. The van der Waals surface area contributed by atoms with Crippen molar-refractivity contribution in [2.24, 2.45) is 12.8 Å². The number of nitro groups is 1. The van der Waals surface area contributed by atoms with E-state index in [2.05, 4.69) is 10.4 Å². The molecule has 3 N–H and O–H groups in total. The Morgan fingerprint density at radius 3 is 2.48 bits per heavy atom. The van der Waals surface area contributed by atoms with E-state index in [-0.39, 0.29) is 27.6 Å². The molecule has 0 aliphatic heterocycles. The van der Waals surface area contributed by atoms with Crippen molar-refractivity contribution in [3.63, 3.8) is 0 Å². The van der Waals surface area contributed by atoms with Gasteiger partial charge in [-0.2, -0.15) is 5.10 Å². The maximum atomic E-state index is 12.4. The third kappa shape index (κ3) is 2.80. The van der Waals surface area contributed by atoms with Gasteiger partial charge in [-0.15, -0.1) is 11.3 Å². The van der Waals surface area contributed by atoms with Gasteiger partial charge in [-0.1, -0.05) is 0 Å². The third-order valence-corrected chi connectivity index (χ3v) is 4.68. The molecule has 0 bridgehead atoms. The Hall–Kier alpha value is -2.75. The van der Waals surface area contributed by atoms with Gasteiger partial charge in [-0.25, -0.2) is 0 Å². The van der Waals surface area contributed by atoms with Crippen LogP contribution in [-0.4, -0.2) is 26.5 Å². The van der Waals surface area contributed by atoms with Crippen LogP contribution in [0.4, 0.5) is 10.7 Å². The number of rotatable bonds is 4. The van der Waals surface area contributed by atoms with Gasteiger partial charge in [0, 0.05) is 11.9 Å². The van der Waals surface area contributed by atoms with E-state index in [0.29, 0.717) is 5.56 Å². The molecule has 0 aromatic carbocycles. The summed E-state index contributed by atoms with van der Waals surface area (Å²) in [6.07, 6.45) is 0. The lowest BCUT2D eigenvalue weighted by atomic mass is 10.1. The molecule has 23 heavy (non-hydrogen) atoms. The summed E-state index contributed by atoms with van der Waals surface area (Å²) in [6.45, 7) is 5.00. The predicted octanol–water partition coefficient (Wildman–Crippen LogP) is 1.67. The first-order valence-electron chi connectivity index (χ1n) is 6.54. The van der Waals surface area contributed by atoms with E-state index in [0.717, 1.165) is 4.88 Å². The van der Waals surface area contributed by atoms with Gasteiger partial charge >= 0.3 is 5.69 Å². The molecule has 0 saturated carbocycles. The highest BCUT2D eigenvalue weighted by Gasteiger charge is 2.30. The van der Waals surface area contributed by atoms with Gasteiger partial charge in [0.05, 0.1) is 10.5 Å². The SMILES string of the molecule is Cc1sc(NC(=O)c2nn(C)c(C)c2[N+](=O)[O-])c(C(N)=O)c1C. The summed E-state index contributed by atoms with van der Waals surface area (Å²) < 4.78 is 1.26. The van der Waals surface area contributed by atoms with Gasteiger partial charge in [-0.05, 0) is 26.3 Å². The van der Waals surface area contributed by atoms with Crippen molar-refractivity contribution in [3.05, 3.63) is 37.5 Å². The fourth-order valence-corrected chi connectivity index (χ4v) is 3.20. The van der Waals surface area contributed by atoms with Crippen LogP contribution in [0.1, 0.15) is 37.0 Å². The van der Waals surface area contributed by atoms with Crippen molar-refractivity contribution in [2.75, 3.05) is 5.32 Å². The molecule has 10 heteroatoms. The van der Waals surface area contributed by atoms with Crippen molar-refractivity contribution in [1.29, 1.82) is 0 Å². The Labute approximate surface area is 135 Å². The molecule has 2 aromatic heterocycles. The van der Waals surface area contributed by atoms with Crippen LogP contribution in [0, 0.1) is 30.9 Å². The highest BCUT2D eigenvalue weighted by molar-refractivity contribution is 7.16. The Kier molecular flexibility index (Phi) is 4.19. The number of carbonyl (C=O) groups excluding carboxylic acids is 2. The van der Waals surface area contributed by atoms with Gasteiger partial charge in [0.25, 0.3) is 11.8 Å². The topological polar surface area (TPSA) is 133 Å². The Morgan fingerprint density at radius 2 is 1.96 bits per heavy atom. The monoisotopic (exact) mass is 337 g/mol. The first kappa shape index (κ1) is 16.6. The van der Waals surface area contributed by atoms with Crippen LogP contribution in [0.3, 0.4) is 0 Å². The minimum Gasteiger partial charge on any atom is -0.365 e. The minimum atomic E-state index is -0.760. The molecule has 0 saturated heterocycles. The van der Waals surface area contributed by atoms with E-state index in [4.69, 9.17) is 5.73 Å². The summed E-state index contributed by atoms with van der Waals surface area (Å²) in [6, 6.07) is 0. The summed E-state index contributed by atoms with van der Waals surface area (Å²) in [7, 11) is 1.51. The zero-order valence-corrected chi connectivity index (χ0v) is 13.8. The molecule has 9 nitrogen and oxygen atoms in total. The van der Waals surface area contributed by atoms with E-state index in [1.54, 1.807) is 13.8 Å². The molecule has 2 heterocycles. The number of anilines is 1. The fourth-order valence-electron chi connectivity index (χ4n) is 2.14. The number of nitrogens with zero attached hydrogens (tertiary/aromatic N) is 3. The van der Waals surface area contributed by atoms with E-state index in [1.807, 2.05) is 0 Å². The summed E-state index contributed by atoms with van der Waals surface area (Å²) >= 11 is 1.18. The van der Waals surface area contributed by atoms with Crippen LogP contribution in [0.15, 0.2) is 0 Å². The lowest BCUT2D eigenvalue weighted by Gasteiger charge is -2.03. The van der Waals surface area contributed by atoms with Crippen molar-refractivity contribution in [2.45, 2.75) is 20.8 Å². The smallest absolute Gasteiger partial charge is 0.322 e. The quantitative estimate of drug-likeness (QED) is 0.646. The summed E-state index contributed by atoms with van der Waals surface area (Å²) in [5.74, 6) is -1.43. The highest BCUT2D eigenvalue weighted by Crippen LogP contribution is 2.33. The second-order valence-corrected chi connectivity index (χ2v) is 6.19. The molecule has 122 valence electrons. The molecule has 0 atom stereocenters. The predicted molar refractivity (Wildman–Crippen MR) is 84.9 cm³/mol. The number of amides is 2. The minimum absolute atomic E-state index is 0.205. The van der Waals surface area contributed by atoms with Crippen molar-refractivity contribution < 1.29 is 14.5 Å². The fraction of sp³-hybridized carbons (Fsp3) is 0.308. The molecule has 2 rings (SSSR count). The molecule has 2 amide bonds. The van der Waals surface area contributed by atoms with E-state index in [1.165, 1.54) is 30.0 Å². The van der Waals surface area contributed by atoms with Crippen molar-refractivity contribution in [3.8, 4) is 0 Å². The molecular weight excluding hydrogens is 322 g/mol. The first-order valence-corrected chi connectivity index (χ1v) is 7.35. The maximum Gasteiger partial charge on any atom is 0.322 e. The molecular formula is C13H15N5O4S. The summed E-state index contributed by atoms with van der Waals surface area (Å²) in [5, 5.41) is 17.8. The summed E-state index contributed by atoms with van der Waals surface area (Å²) in [4.78, 5) is 35.2. The van der Waals surface area contributed by atoms with Crippen LogP contribution >= 0.6 is 11.3 Å². The molecule has 2 aromatic rings. The van der Waals surface area contributed by atoms with Crippen LogP contribution in [-0.2, 0) is 7.05 Å². The number of aromatic nitrogens is 2. The number of thiophene rings is 1. The average Bonchev–Trinajstić information content (AvgIpc) is 2.88.